The molecule has 0 radical (unpaired) electrons. The number of hydrogen-bond donors (Lipinski definition) is 3. The number of fused-ring (bicyclic) bond motifs is 1. The fraction of sp³-hybridized carbons (Fsp3) is 0.167. The van der Waals surface area contributed by atoms with E-state index in [0.29, 0.717) is 10.7 Å². The number of benzene rings is 2. The van der Waals surface area contributed by atoms with E-state index < -0.39 is 16.4 Å². The van der Waals surface area contributed by atoms with Crippen LogP contribution in [0.5, 0.6) is 11.5 Å². The molecule has 3 aromatic rings. The Hall–Kier alpha value is -3.60. The summed E-state index contributed by atoms with van der Waals surface area (Å²) in [5, 5.41) is 25.3. The molecule has 0 aliphatic rings. The molecule has 0 spiro atoms. The Balaban J connectivity index is 1.61. The Morgan fingerprint density at radius 2 is 2.24 bits per heavy atom. The molecule has 0 unspecified atom stereocenters. The number of nitrogens with one attached hydrogen (secondary N) is 2. The lowest BCUT2D eigenvalue weighted by atomic mass is 10.2. The van der Waals surface area contributed by atoms with E-state index in [1.54, 1.807) is 6.92 Å². The molecule has 11 heteroatoms. The number of carbonyl (C=O) groups is 1. The Morgan fingerprint density at radius 3 is 2.97 bits per heavy atom. The number of aromatic nitrogens is 2. The molecule has 1 aromatic heterocycles. The molecule has 0 aliphatic carbocycles. The van der Waals surface area contributed by atoms with E-state index in [0.717, 1.165) is 17.1 Å². The topological polar surface area (TPSA) is 143 Å². The molecule has 0 bridgehead atoms. The smallest absolute Gasteiger partial charge is 0.315 e. The van der Waals surface area contributed by atoms with Crippen molar-refractivity contribution in [1.82, 2.24) is 15.4 Å². The fourth-order valence-corrected chi connectivity index (χ4v) is 3.11. The van der Waals surface area contributed by atoms with Crippen LogP contribution >= 0.6 is 11.8 Å². The van der Waals surface area contributed by atoms with E-state index in [4.69, 9.17) is 4.74 Å². The number of nitro groups is 1. The summed E-state index contributed by atoms with van der Waals surface area (Å²) < 4.78 is 5.19. The molecule has 0 saturated carbocycles. The molecule has 1 heterocycles. The number of ether oxygens (including phenoxy) is 1. The second-order valence-corrected chi connectivity index (χ2v) is 6.68. The van der Waals surface area contributed by atoms with Crippen molar-refractivity contribution >= 4 is 40.6 Å². The molecule has 3 N–H and O–H groups in total. The van der Waals surface area contributed by atoms with Gasteiger partial charge in [-0.2, -0.15) is 5.10 Å². The predicted octanol–water partition coefficient (Wildman–Crippen LogP) is 2.82. The first-order valence-corrected chi connectivity index (χ1v) is 9.50. The average Bonchev–Trinajstić information content (AvgIpc) is 3.11. The molecule has 2 aromatic carbocycles. The van der Waals surface area contributed by atoms with Crippen molar-refractivity contribution in [3.05, 3.63) is 52.1 Å². The summed E-state index contributed by atoms with van der Waals surface area (Å²) in [6.07, 6.45) is 1.23. The third-order valence-corrected chi connectivity index (χ3v) is 4.56. The molecule has 1 amide bonds. The largest absolute Gasteiger partial charge is 0.500 e. The highest BCUT2D eigenvalue weighted by Gasteiger charge is 2.19. The van der Waals surface area contributed by atoms with E-state index in [9.17, 15) is 20.0 Å². The van der Waals surface area contributed by atoms with Crippen LogP contribution in [-0.2, 0) is 4.79 Å². The molecule has 0 aliphatic heterocycles. The number of H-pyrrole nitrogens is 1. The number of aromatic amines is 1. The van der Waals surface area contributed by atoms with Crippen LogP contribution in [0.2, 0.25) is 0 Å². The van der Waals surface area contributed by atoms with Gasteiger partial charge in [-0.15, -0.1) is 0 Å². The van der Waals surface area contributed by atoms with Crippen LogP contribution in [0, 0.1) is 10.1 Å². The van der Waals surface area contributed by atoms with Crippen molar-refractivity contribution in [1.29, 1.82) is 0 Å². The SMILES string of the molecule is CCOc1cc(/C=N\NC(=O)CSc2nc3ccccc3[nH]2)cc([N+](=O)[O-])c1O. The van der Waals surface area contributed by atoms with Gasteiger partial charge >= 0.3 is 5.69 Å². The fourth-order valence-electron chi connectivity index (χ4n) is 2.44. The first kappa shape index (κ1) is 20.1. The monoisotopic (exact) mass is 415 g/mol. The molecule has 29 heavy (non-hydrogen) atoms. The summed E-state index contributed by atoms with van der Waals surface area (Å²) in [5.41, 5.74) is 3.82. The van der Waals surface area contributed by atoms with Gasteiger partial charge in [-0.3, -0.25) is 14.9 Å². The van der Waals surface area contributed by atoms with Crippen LogP contribution in [0.4, 0.5) is 5.69 Å². The van der Waals surface area contributed by atoms with E-state index in [-0.39, 0.29) is 24.0 Å². The van der Waals surface area contributed by atoms with Crippen LogP contribution < -0.4 is 10.2 Å². The number of phenolic OH excluding ortho intramolecular Hbond substituents is 1. The van der Waals surface area contributed by atoms with Gasteiger partial charge in [0.2, 0.25) is 5.75 Å². The second-order valence-electron chi connectivity index (χ2n) is 5.72. The lowest BCUT2D eigenvalue weighted by molar-refractivity contribution is -0.386. The van der Waals surface area contributed by atoms with Crippen molar-refractivity contribution in [3.8, 4) is 11.5 Å². The molecular weight excluding hydrogens is 398 g/mol. The number of hydrogen-bond acceptors (Lipinski definition) is 8. The van der Waals surface area contributed by atoms with Crippen LogP contribution in [0.15, 0.2) is 46.7 Å². The summed E-state index contributed by atoms with van der Waals surface area (Å²) in [6.45, 7) is 1.91. The number of phenols is 1. The first-order valence-electron chi connectivity index (χ1n) is 8.51. The molecule has 0 saturated heterocycles. The zero-order valence-corrected chi connectivity index (χ0v) is 16.1. The molecule has 0 fully saturated rings. The maximum absolute atomic E-state index is 12.0. The van der Waals surface area contributed by atoms with Crippen molar-refractivity contribution in [2.45, 2.75) is 12.1 Å². The van der Waals surface area contributed by atoms with Gasteiger partial charge in [0.15, 0.2) is 10.9 Å². The number of aromatic hydroxyl groups is 1. The van der Waals surface area contributed by atoms with Crippen LogP contribution in [-0.4, -0.2) is 44.5 Å². The summed E-state index contributed by atoms with van der Waals surface area (Å²) in [5.74, 6) is -0.878. The molecule has 0 atom stereocenters. The number of rotatable bonds is 8. The van der Waals surface area contributed by atoms with Gasteiger partial charge in [-0.05, 0) is 25.1 Å². The third-order valence-electron chi connectivity index (χ3n) is 3.68. The highest BCUT2D eigenvalue weighted by Crippen LogP contribution is 2.36. The highest BCUT2D eigenvalue weighted by atomic mass is 32.2. The number of imidazole rings is 1. The normalized spacial score (nSPS) is 11.1. The van der Waals surface area contributed by atoms with E-state index >= 15 is 0 Å². The van der Waals surface area contributed by atoms with Crippen molar-refractivity contribution in [2.24, 2.45) is 5.10 Å². The number of nitrogens with zero attached hydrogens (tertiary/aromatic N) is 3. The minimum Gasteiger partial charge on any atom is -0.500 e. The number of nitro benzene ring substituents is 1. The minimum atomic E-state index is -0.724. The van der Waals surface area contributed by atoms with Crippen molar-refractivity contribution in [3.63, 3.8) is 0 Å². The molecule has 150 valence electrons. The van der Waals surface area contributed by atoms with E-state index in [1.165, 1.54) is 24.0 Å². The van der Waals surface area contributed by atoms with E-state index in [1.807, 2.05) is 24.3 Å². The average molecular weight is 415 g/mol. The standard InChI is InChI=1S/C18H17N5O5S/c1-2-28-15-8-11(7-14(17(15)25)23(26)27)9-19-22-16(24)10-29-18-20-12-5-3-4-6-13(12)21-18/h3-9,25H,2,10H2,1H3,(H,20,21)(H,22,24)/b19-9-. The first-order chi connectivity index (χ1) is 14.0. The number of para-hydroxylation sites is 2. The Kier molecular flexibility index (Phi) is 6.29. The zero-order chi connectivity index (χ0) is 20.8. The third kappa shape index (κ3) is 5.02. The van der Waals surface area contributed by atoms with Gasteiger partial charge in [-0.1, -0.05) is 23.9 Å². The van der Waals surface area contributed by atoms with Gasteiger partial charge < -0.3 is 14.8 Å². The number of thioether (sulfide) groups is 1. The summed E-state index contributed by atoms with van der Waals surface area (Å²) in [4.78, 5) is 29.8. The van der Waals surface area contributed by atoms with E-state index in [2.05, 4.69) is 20.5 Å². The van der Waals surface area contributed by atoms with Crippen LogP contribution in [0.25, 0.3) is 11.0 Å². The lowest BCUT2D eigenvalue weighted by Crippen LogP contribution is -2.19. The quantitative estimate of drug-likeness (QED) is 0.222. The van der Waals surface area contributed by atoms with Gasteiger partial charge in [0.05, 0.1) is 34.5 Å². The Bertz CT molecular complexity index is 1050. The summed E-state index contributed by atoms with van der Waals surface area (Å²) in [6, 6.07) is 10.1. The van der Waals surface area contributed by atoms with Crippen LogP contribution in [0.1, 0.15) is 12.5 Å². The Morgan fingerprint density at radius 1 is 1.45 bits per heavy atom. The minimum absolute atomic E-state index is 0.0325. The lowest BCUT2D eigenvalue weighted by Gasteiger charge is -2.07. The second kappa shape index (κ2) is 9.06. The summed E-state index contributed by atoms with van der Waals surface area (Å²) >= 11 is 1.22. The van der Waals surface area contributed by atoms with Gasteiger partial charge in [-0.25, -0.2) is 10.4 Å². The summed E-state index contributed by atoms with van der Waals surface area (Å²) in [7, 11) is 0. The van der Waals surface area contributed by atoms with Crippen molar-refractivity contribution in [2.75, 3.05) is 12.4 Å². The maximum Gasteiger partial charge on any atom is 0.315 e. The maximum atomic E-state index is 12.0. The van der Waals surface area contributed by atoms with Crippen LogP contribution in [0.3, 0.4) is 0 Å². The van der Waals surface area contributed by atoms with Crippen molar-refractivity contribution < 1.29 is 19.6 Å². The molecular formula is C18H17N5O5S. The number of amides is 1. The molecule has 3 rings (SSSR count). The predicted molar refractivity (Wildman–Crippen MR) is 108 cm³/mol. The molecule has 10 nitrogen and oxygen atoms in total. The van der Waals surface area contributed by atoms with Gasteiger partial charge in [0.1, 0.15) is 0 Å². The zero-order valence-electron chi connectivity index (χ0n) is 15.3. The number of carbonyl (C=O) groups excluding carboxylic acids is 1. The van der Waals surface area contributed by atoms with Gasteiger partial charge in [0, 0.05) is 11.6 Å². The highest BCUT2D eigenvalue weighted by molar-refractivity contribution is 7.99. The van der Waals surface area contributed by atoms with Gasteiger partial charge in [0.25, 0.3) is 5.91 Å². The Labute approximate surface area is 169 Å². The number of hydrazone groups is 1.